The van der Waals surface area contributed by atoms with E-state index in [4.69, 9.17) is 9.40 Å². The molecule has 7 aromatic rings. The highest BCUT2D eigenvalue weighted by atomic mass is 16.3. The number of rotatable bonds is 3. The Hall–Kier alpha value is -4.63. The van der Waals surface area contributed by atoms with Crippen molar-refractivity contribution in [3.8, 4) is 28.2 Å². The Morgan fingerprint density at radius 3 is 1.97 bits per heavy atom. The van der Waals surface area contributed by atoms with Gasteiger partial charge >= 0.3 is 0 Å². The van der Waals surface area contributed by atoms with Gasteiger partial charge in [0.25, 0.3) is 0 Å². The zero-order valence-electron chi connectivity index (χ0n) is 18.3. The summed E-state index contributed by atoms with van der Waals surface area (Å²) in [7, 11) is 0. The summed E-state index contributed by atoms with van der Waals surface area (Å²) in [5, 5.41) is 2.14. The van der Waals surface area contributed by atoms with E-state index >= 15 is 0 Å². The molecule has 0 aliphatic heterocycles. The van der Waals surface area contributed by atoms with Crippen LogP contribution in [0, 0.1) is 0 Å². The molecule has 0 atom stereocenters. The average molecular weight is 437 g/mol. The van der Waals surface area contributed by atoms with Gasteiger partial charge < -0.3 is 4.42 Å². The molecule has 0 bridgehead atoms. The smallest absolute Gasteiger partial charge is 0.145 e. The number of furan rings is 1. The van der Waals surface area contributed by atoms with Crippen LogP contribution in [0.1, 0.15) is 0 Å². The minimum atomic E-state index is 0.872. The predicted octanol–water partition coefficient (Wildman–Crippen LogP) is 8.26. The molecule has 0 saturated heterocycles. The molecule has 7 rings (SSSR count). The van der Waals surface area contributed by atoms with Crippen LogP contribution >= 0.6 is 0 Å². The summed E-state index contributed by atoms with van der Waals surface area (Å²) in [5.41, 5.74) is 8.09. The number of hydrogen-bond acceptors (Lipinski definition) is 2. The molecule has 0 radical (unpaired) electrons. The van der Waals surface area contributed by atoms with Crippen LogP contribution in [-0.4, -0.2) is 9.55 Å². The highest BCUT2D eigenvalue weighted by molar-refractivity contribution is 6.21. The van der Waals surface area contributed by atoms with E-state index in [9.17, 15) is 0 Å². The van der Waals surface area contributed by atoms with Crippen LogP contribution in [0.15, 0.2) is 126 Å². The van der Waals surface area contributed by atoms with Crippen molar-refractivity contribution in [3.05, 3.63) is 121 Å². The Morgan fingerprint density at radius 2 is 1.24 bits per heavy atom. The van der Waals surface area contributed by atoms with Crippen molar-refractivity contribution in [2.24, 2.45) is 0 Å². The first-order chi connectivity index (χ1) is 16.9. The molecule has 0 N–H and O–H groups in total. The number of aromatic nitrogens is 2. The fraction of sp³-hybridized carbons (Fsp3) is 0. The predicted molar refractivity (Wildman–Crippen MR) is 139 cm³/mol. The van der Waals surface area contributed by atoms with Gasteiger partial charge in [0.15, 0.2) is 0 Å². The summed E-state index contributed by atoms with van der Waals surface area (Å²) in [6.07, 6.45) is 0. The third-order valence-corrected chi connectivity index (χ3v) is 6.40. The maximum atomic E-state index is 6.46. The van der Waals surface area contributed by atoms with E-state index in [1.54, 1.807) is 0 Å². The second kappa shape index (κ2) is 7.46. The average Bonchev–Trinajstić information content (AvgIpc) is 3.48. The Bertz CT molecular complexity index is 1780. The largest absolute Gasteiger partial charge is 0.455 e. The molecule has 160 valence electrons. The highest BCUT2D eigenvalue weighted by Crippen LogP contribution is 2.42. The van der Waals surface area contributed by atoms with Crippen LogP contribution in [0.4, 0.5) is 0 Å². The first-order valence-electron chi connectivity index (χ1n) is 11.4. The third kappa shape index (κ3) is 2.81. The van der Waals surface area contributed by atoms with Gasteiger partial charge in [0.2, 0.25) is 0 Å². The first kappa shape index (κ1) is 18.9. The molecule has 2 aromatic heterocycles. The number of hydrogen-bond donors (Lipinski definition) is 0. The van der Waals surface area contributed by atoms with Crippen LogP contribution in [0.2, 0.25) is 0 Å². The van der Waals surface area contributed by atoms with Gasteiger partial charge in [-0.15, -0.1) is 0 Å². The minimum absolute atomic E-state index is 0.872. The number of benzene rings is 5. The van der Waals surface area contributed by atoms with Crippen LogP contribution in [0.5, 0.6) is 0 Å². The van der Waals surface area contributed by atoms with Crippen molar-refractivity contribution in [3.63, 3.8) is 0 Å². The summed E-state index contributed by atoms with van der Waals surface area (Å²) in [6.45, 7) is 0. The SMILES string of the molecule is c1ccc(-c2cc3c(nc(-c4ccccc4)n3-c3ccccc3)c3c2oc2ccccc23)cc1. The Morgan fingerprint density at radius 1 is 0.618 bits per heavy atom. The summed E-state index contributed by atoms with van der Waals surface area (Å²) >= 11 is 0. The zero-order valence-corrected chi connectivity index (χ0v) is 18.3. The molecule has 0 spiro atoms. The summed E-state index contributed by atoms with van der Waals surface area (Å²) < 4.78 is 8.72. The zero-order chi connectivity index (χ0) is 22.5. The second-order valence-electron chi connectivity index (χ2n) is 8.43. The van der Waals surface area contributed by atoms with E-state index in [1.165, 1.54) is 0 Å². The van der Waals surface area contributed by atoms with Gasteiger partial charge in [0.05, 0.1) is 10.9 Å². The van der Waals surface area contributed by atoms with Crippen molar-refractivity contribution < 1.29 is 4.42 Å². The maximum Gasteiger partial charge on any atom is 0.145 e. The summed E-state index contributed by atoms with van der Waals surface area (Å²) in [6, 6.07) is 41.7. The molecule has 0 aliphatic carbocycles. The molecule has 0 fully saturated rings. The van der Waals surface area contributed by atoms with Crippen LogP contribution in [0.3, 0.4) is 0 Å². The van der Waals surface area contributed by atoms with Crippen molar-refractivity contribution >= 4 is 33.0 Å². The van der Waals surface area contributed by atoms with Gasteiger partial charge in [-0.2, -0.15) is 0 Å². The Labute approximate surface area is 196 Å². The van der Waals surface area contributed by atoms with Gasteiger partial charge in [-0.3, -0.25) is 4.57 Å². The van der Waals surface area contributed by atoms with Crippen molar-refractivity contribution in [1.29, 1.82) is 0 Å². The van der Waals surface area contributed by atoms with E-state index in [0.29, 0.717) is 0 Å². The second-order valence-corrected chi connectivity index (χ2v) is 8.43. The lowest BCUT2D eigenvalue weighted by Crippen LogP contribution is -1.97. The number of nitrogens with zero attached hydrogens (tertiary/aromatic N) is 2. The number of para-hydroxylation sites is 2. The molecule has 5 aromatic carbocycles. The lowest BCUT2D eigenvalue weighted by atomic mass is 10.0. The van der Waals surface area contributed by atoms with Crippen LogP contribution < -0.4 is 0 Å². The van der Waals surface area contributed by atoms with E-state index in [1.807, 2.05) is 30.3 Å². The van der Waals surface area contributed by atoms with Crippen LogP contribution in [-0.2, 0) is 0 Å². The molecule has 2 heterocycles. The van der Waals surface area contributed by atoms with Crippen molar-refractivity contribution in [1.82, 2.24) is 9.55 Å². The standard InChI is InChI=1S/C31H20N2O/c1-4-12-21(13-5-1)25-20-26-29(28-24-18-10-11-19-27(24)34-30(25)28)32-31(22-14-6-2-7-15-22)33(26)23-16-8-3-9-17-23/h1-20H. The Kier molecular flexibility index (Phi) is 4.15. The van der Waals surface area contributed by atoms with E-state index in [0.717, 1.165) is 61.2 Å². The third-order valence-electron chi connectivity index (χ3n) is 6.40. The van der Waals surface area contributed by atoms with Crippen molar-refractivity contribution in [2.75, 3.05) is 0 Å². The minimum Gasteiger partial charge on any atom is -0.455 e. The lowest BCUT2D eigenvalue weighted by molar-refractivity contribution is 0.670. The van der Waals surface area contributed by atoms with Gasteiger partial charge in [0, 0.05) is 22.2 Å². The molecule has 34 heavy (non-hydrogen) atoms. The van der Waals surface area contributed by atoms with Gasteiger partial charge in [-0.25, -0.2) is 4.98 Å². The molecular weight excluding hydrogens is 416 g/mol. The maximum absolute atomic E-state index is 6.46. The van der Waals surface area contributed by atoms with Gasteiger partial charge in [-0.05, 0) is 29.8 Å². The topological polar surface area (TPSA) is 31.0 Å². The molecule has 3 nitrogen and oxygen atoms in total. The van der Waals surface area contributed by atoms with E-state index < -0.39 is 0 Å². The normalized spacial score (nSPS) is 11.5. The molecule has 0 aliphatic rings. The monoisotopic (exact) mass is 436 g/mol. The summed E-state index contributed by atoms with van der Waals surface area (Å²) in [4.78, 5) is 5.25. The molecule has 0 amide bonds. The van der Waals surface area contributed by atoms with Crippen LogP contribution in [0.25, 0.3) is 61.2 Å². The van der Waals surface area contributed by atoms with E-state index in [-0.39, 0.29) is 0 Å². The van der Waals surface area contributed by atoms with Gasteiger partial charge in [0.1, 0.15) is 22.5 Å². The molecule has 3 heteroatoms. The molecular formula is C31H20N2O. The Balaban J connectivity index is 1.71. The number of imidazole rings is 1. The highest BCUT2D eigenvalue weighted by Gasteiger charge is 2.22. The lowest BCUT2D eigenvalue weighted by Gasteiger charge is -2.10. The summed E-state index contributed by atoms with van der Waals surface area (Å²) in [5.74, 6) is 0.915. The fourth-order valence-electron chi connectivity index (χ4n) is 4.87. The first-order valence-corrected chi connectivity index (χ1v) is 11.4. The molecule has 0 saturated carbocycles. The molecule has 0 unspecified atom stereocenters. The number of fused-ring (bicyclic) bond motifs is 5. The van der Waals surface area contributed by atoms with Crippen molar-refractivity contribution in [2.45, 2.75) is 0 Å². The fourth-order valence-corrected chi connectivity index (χ4v) is 4.87. The van der Waals surface area contributed by atoms with E-state index in [2.05, 4.69) is 95.6 Å². The van der Waals surface area contributed by atoms with Gasteiger partial charge in [-0.1, -0.05) is 97.1 Å². The quantitative estimate of drug-likeness (QED) is 0.279.